The number of nitrogens with one attached hydrogen (secondary N) is 2. The predicted octanol–water partition coefficient (Wildman–Crippen LogP) is 3.69. The van der Waals surface area contributed by atoms with E-state index in [0.717, 1.165) is 6.07 Å². The summed E-state index contributed by atoms with van der Waals surface area (Å²) in [7, 11) is 1.33. The topological polar surface area (TPSA) is 136 Å². The minimum absolute atomic E-state index is 0.00568. The van der Waals surface area contributed by atoms with Gasteiger partial charge >= 0.3 is 12.2 Å². The van der Waals surface area contributed by atoms with Crippen LogP contribution in [0.15, 0.2) is 28.7 Å². The molecule has 13 heteroatoms. The van der Waals surface area contributed by atoms with Crippen LogP contribution >= 0.6 is 0 Å². The Morgan fingerprint density at radius 1 is 1.18 bits per heavy atom. The molecular formula is C25H29F3N6O4. The molecule has 1 fully saturated rings. The standard InChI is InChI=1S/C25H29F3N6O4/c1-24(2,3)33-23(36)30-13-9-10-34(12-13)22(35)20-17(11-29)38-21(32-20)15-5-7-16(37-4)19-14(15)6-8-18(31-19)25(26,27)28/h5-8,13H,9-12,29H2,1-4H3,(H2,30,33,36)/t13-/m1/s1. The van der Waals surface area contributed by atoms with Crippen LogP contribution in [0.5, 0.6) is 5.75 Å². The maximum Gasteiger partial charge on any atom is 0.433 e. The van der Waals surface area contributed by atoms with Crippen molar-refractivity contribution >= 4 is 22.8 Å². The SMILES string of the molecule is COc1ccc(-c2nc(C(=O)N3CC[C@@H](NC(=O)NC(C)(C)C)C3)c(CN)o2)c2ccc(C(F)(F)F)nc12. The molecule has 1 saturated heterocycles. The van der Waals surface area contributed by atoms with E-state index >= 15 is 0 Å². The Labute approximate surface area is 216 Å². The Morgan fingerprint density at radius 2 is 1.92 bits per heavy atom. The fourth-order valence-corrected chi connectivity index (χ4v) is 4.25. The lowest BCUT2D eigenvalue weighted by atomic mass is 10.1. The van der Waals surface area contributed by atoms with E-state index in [4.69, 9.17) is 14.9 Å². The maximum atomic E-state index is 13.3. The van der Waals surface area contributed by atoms with Crippen molar-refractivity contribution in [3.8, 4) is 17.2 Å². The fourth-order valence-electron chi connectivity index (χ4n) is 4.25. The molecule has 1 aromatic carbocycles. The van der Waals surface area contributed by atoms with Gasteiger partial charge in [0.1, 0.15) is 17.0 Å². The second-order valence-electron chi connectivity index (χ2n) is 9.99. The Balaban J connectivity index is 1.61. The van der Waals surface area contributed by atoms with E-state index in [1.54, 1.807) is 11.0 Å². The van der Waals surface area contributed by atoms with Crippen LogP contribution < -0.4 is 21.1 Å². The molecule has 38 heavy (non-hydrogen) atoms. The Bertz CT molecular complexity index is 1370. The minimum Gasteiger partial charge on any atom is -0.494 e. The first-order chi connectivity index (χ1) is 17.8. The van der Waals surface area contributed by atoms with Crippen molar-refractivity contribution in [1.82, 2.24) is 25.5 Å². The molecule has 3 aromatic rings. The van der Waals surface area contributed by atoms with Crippen LogP contribution in [0.3, 0.4) is 0 Å². The van der Waals surface area contributed by atoms with Crippen LogP contribution in [0.1, 0.15) is 49.1 Å². The summed E-state index contributed by atoms with van der Waals surface area (Å²) >= 11 is 0. The smallest absolute Gasteiger partial charge is 0.433 e. The van der Waals surface area contributed by atoms with E-state index in [-0.39, 0.29) is 53.8 Å². The monoisotopic (exact) mass is 534 g/mol. The molecule has 3 amide bonds. The van der Waals surface area contributed by atoms with Crippen molar-refractivity contribution in [1.29, 1.82) is 0 Å². The van der Waals surface area contributed by atoms with Gasteiger partial charge in [-0.2, -0.15) is 13.2 Å². The molecule has 1 aliphatic rings. The summed E-state index contributed by atoms with van der Waals surface area (Å²) in [5.74, 6) is -0.128. The van der Waals surface area contributed by atoms with Crippen molar-refractivity contribution in [3.05, 3.63) is 41.4 Å². The van der Waals surface area contributed by atoms with Crippen LogP contribution in [0.25, 0.3) is 22.4 Å². The lowest BCUT2D eigenvalue weighted by molar-refractivity contribution is -0.140. The number of carbonyl (C=O) groups excluding carboxylic acids is 2. The van der Waals surface area contributed by atoms with Gasteiger partial charge in [0.25, 0.3) is 5.91 Å². The molecule has 4 rings (SSSR count). The third kappa shape index (κ3) is 5.67. The number of halogens is 3. The number of methoxy groups -OCH3 is 1. The summed E-state index contributed by atoms with van der Waals surface area (Å²) < 4.78 is 50.8. The number of urea groups is 1. The molecule has 204 valence electrons. The summed E-state index contributed by atoms with van der Waals surface area (Å²) in [6.45, 7) is 6.14. The van der Waals surface area contributed by atoms with Crippen LogP contribution in [0.2, 0.25) is 0 Å². The Morgan fingerprint density at radius 3 is 2.55 bits per heavy atom. The molecule has 0 radical (unpaired) electrons. The fraction of sp³-hybridized carbons (Fsp3) is 0.440. The molecule has 2 aromatic heterocycles. The number of carbonyl (C=O) groups is 2. The third-order valence-corrected chi connectivity index (χ3v) is 5.95. The molecule has 0 unspecified atom stereocenters. The number of hydrogen-bond donors (Lipinski definition) is 3. The van der Waals surface area contributed by atoms with Crippen LogP contribution in [-0.2, 0) is 12.7 Å². The van der Waals surface area contributed by atoms with Gasteiger partial charge < -0.3 is 30.4 Å². The van der Waals surface area contributed by atoms with E-state index in [1.165, 1.54) is 19.2 Å². The highest BCUT2D eigenvalue weighted by atomic mass is 19.4. The van der Waals surface area contributed by atoms with Gasteiger partial charge in [-0.05, 0) is 51.5 Å². The summed E-state index contributed by atoms with van der Waals surface area (Å²) in [5, 5.41) is 5.99. The number of hydrogen-bond acceptors (Lipinski definition) is 7. The van der Waals surface area contributed by atoms with E-state index in [2.05, 4.69) is 20.6 Å². The molecule has 0 aliphatic carbocycles. The quantitative estimate of drug-likeness (QED) is 0.454. The number of rotatable bonds is 5. The molecule has 4 N–H and O–H groups in total. The molecular weight excluding hydrogens is 505 g/mol. The van der Waals surface area contributed by atoms with Crippen molar-refractivity contribution in [2.24, 2.45) is 5.73 Å². The molecule has 0 saturated carbocycles. The summed E-state index contributed by atoms with van der Waals surface area (Å²) in [5.41, 5.74) is 4.67. The van der Waals surface area contributed by atoms with E-state index in [9.17, 15) is 22.8 Å². The van der Waals surface area contributed by atoms with E-state index < -0.39 is 23.3 Å². The average Bonchev–Trinajstić information content (AvgIpc) is 3.48. The number of fused-ring (bicyclic) bond motifs is 1. The lowest BCUT2D eigenvalue weighted by Gasteiger charge is -2.23. The highest BCUT2D eigenvalue weighted by Gasteiger charge is 2.34. The number of pyridine rings is 1. The molecule has 3 heterocycles. The van der Waals surface area contributed by atoms with E-state index in [1.807, 2.05) is 20.8 Å². The second kappa shape index (κ2) is 10.1. The first-order valence-electron chi connectivity index (χ1n) is 11.9. The number of nitrogens with two attached hydrogens (primary N) is 1. The van der Waals surface area contributed by atoms with Gasteiger partial charge in [0, 0.05) is 35.6 Å². The normalized spacial score (nSPS) is 16.1. The Hall–Kier alpha value is -3.87. The lowest BCUT2D eigenvalue weighted by Crippen LogP contribution is -2.50. The van der Waals surface area contributed by atoms with Gasteiger partial charge in [0.15, 0.2) is 11.5 Å². The largest absolute Gasteiger partial charge is 0.494 e. The number of likely N-dealkylation sites (tertiary alicyclic amines) is 1. The number of oxazole rings is 1. The molecule has 1 atom stereocenters. The van der Waals surface area contributed by atoms with Crippen LogP contribution in [0, 0.1) is 0 Å². The van der Waals surface area contributed by atoms with Gasteiger partial charge in [-0.15, -0.1) is 0 Å². The number of alkyl halides is 3. The number of amides is 3. The van der Waals surface area contributed by atoms with Crippen LogP contribution in [0.4, 0.5) is 18.0 Å². The Kier molecular flexibility index (Phi) is 7.24. The van der Waals surface area contributed by atoms with Crippen molar-refractivity contribution in [2.45, 2.75) is 51.5 Å². The summed E-state index contributed by atoms with van der Waals surface area (Å²) in [6.07, 6.45) is -4.08. The highest BCUT2D eigenvalue weighted by Crippen LogP contribution is 2.37. The zero-order valence-electron chi connectivity index (χ0n) is 21.4. The van der Waals surface area contributed by atoms with Crippen molar-refractivity contribution in [3.63, 3.8) is 0 Å². The number of ether oxygens (including phenoxy) is 1. The van der Waals surface area contributed by atoms with Gasteiger partial charge in [0.2, 0.25) is 5.89 Å². The highest BCUT2D eigenvalue weighted by molar-refractivity contribution is 5.98. The summed E-state index contributed by atoms with van der Waals surface area (Å²) in [6, 6.07) is 4.58. The van der Waals surface area contributed by atoms with E-state index in [0.29, 0.717) is 23.9 Å². The molecule has 0 bridgehead atoms. The van der Waals surface area contributed by atoms with Gasteiger partial charge in [-0.3, -0.25) is 4.79 Å². The molecule has 1 aliphatic heterocycles. The maximum absolute atomic E-state index is 13.3. The first-order valence-corrected chi connectivity index (χ1v) is 11.9. The van der Waals surface area contributed by atoms with Gasteiger partial charge in [-0.1, -0.05) is 0 Å². The zero-order chi connectivity index (χ0) is 27.8. The minimum atomic E-state index is -4.64. The third-order valence-electron chi connectivity index (χ3n) is 5.95. The predicted molar refractivity (Wildman–Crippen MR) is 132 cm³/mol. The summed E-state index contributed by atoms with van der Waals surface area (Å²) in [4.78, 5) is 35.2. The van der Waals surface area contributed by atoms with Gasteiger partial charge in [0.05, 0.1) is 13.7 Å². The van der Waals surface area contributed by atoms with Crippen LogP contribution in [-0.4, -0.2) is 58.6 Å². The molecule has 0 spiro atoms. The van der Waals surface area contributed by atoms with Crippen molar-refractivity contribution < 1.29 is 31.9 Å². The number of benzene rings is 1. The van der Waals surface area contributed by atoms with Gasteiger partial charge in [-0.25, -0.2) is 14.8 Å². The van der Waals surface area contributed by atoms with Crippen molar-refractivity contribution in [2.75, 3.05) is 20.2 Å². The molecule has 10 nitrogen and oxygen atoms in total. The second-order valence-corrected chi connectivity index (χ2v) is 9.99. The number of nitrogens with zero attached hydrogens (tertiary/aromatic N) is 3. The average molecular weight is 535 g/mol. The number of aromatic nitrogens is 2. The zero-order valence-corrected chi connectivity index (χ0v) is 21.4. The first kappa shape index (κ1) is 27.2.